The first kappa shape index (κ1) is 21.0. The molecule has 0 aliphatic carbocycles. The Morgan fingerprint density at radius 1 is 0.867 bits per heavy atom. The zero-order chi connectivity index (χ0) is 21.0. The lowest BCUT2D eigenvalue weighted by Crippen LogP contribution is -2.46. The monoisotopic (exact) mass is 406 g/mol. The summed E-state index contributed by atoms with van der Waals surface area (Å²) in [6.07, 6.45) is 3.09. The summed E-state index contributed by atoms with van der Waals surface area (Å²) in [6.45, 7) is 0.687. The van der Waals surface area contributed by atoms with Gasteiger partial charge < -0.3 is 14.8 Å². The standard InChI is InChI=1S/C23H23N3O4/c27-22(29-17-19-9-3-1-4-10-19)21(13-16-26-15-8-7-14-24-26)25-23(28)30-18-20-11-5-2-6-12-20/h1-12,14-15,21H,13,16-18H2/p+1/t21-/m0/s1. The van der Waals surface area contributed by atoms with Crippen molar-refractivity contribution in [1.82, 2.24) is 10.4 Å². The number of carbonyl (C=O) groups is 2. The maximum atomic E-state index is 12.6. The lowest BCUT2D eigenvalue weighted by molar-refractivity contribution is -0.754. The maximum absolute atomic E-state index is 12.6. The van der Waals surface area contributed by atoms with Crippen LogP contribution in [0, 0.1) is 0 Å². The van der Waals surface area contributed by atoms with E-state index in [0.717, 1.165) is 11.1 Å². The molecule has 7 nitrogen and oxygen atoms in total. The Bertz CT molecular complexity index is 921. The number of benzene rings is 2. The molecule has 0 bridgehead atoms. The average Bonchev–Trinajstić information content (AvgIpc) is 2.81. The molecule has 0 fully saturated rings. The van der Waals surface area contributed by atoms with Gasteiger partial charge in [0.1, 0.15) is 19.3 Å². The van der Waals surface area contributed by atoms with Gasteiger partial charge in [0.25, 0.3) is 0 Å². The largest absolute Gasteiger partial charge is 0.459 e. The quantitative estimate of drug-likeness (QED) is 0.437. The van der Waals surface area contributed by atoms with Gasteiger partial charge in [-0.1, -0.05) is 65.3 Å². The second-order valence-corrected chi connectivity index (χ2v) is 6.60. The number of hydrogen-bond donors (Lipinski definition) is 1. The lowest BCUT2D eigenvalue weighted by atomic mass is 10.2. The molecule has 154 valence electrons. The van der Waals surface area contributed by atoms with Gasteiger partial charge in [0.05, 0.1) is 6.20 Å². The zero-order valence-corrected chi connectivity index (χ0v) is 16.5. The predicted molar refractivity (Wildman–Crippen MR) is 109 cm³/mol. The minimum Gasteiger partial charge on any atom is -0.459 e. The number of nitrogens with zero attached hydrogens (tertiary/aromatic N) is 2. The first-order chi connectivity index (χ1) is 14.7. The second kappa shape index (κ2) is 11.3. The summed E-state index contributed by atoms with van der Waals surface area (Å²) >= 11 is 0. The number of nitrogens with one attached hydrogen (secondary N) is 1. The number of aryl methyl sites for hydroxylation is 1. The number of esters is 1. The van der Waals surface area contributed by atoms with Crippen molar-refractivity contribution in [3.63, 3.8) is 0 Å². The smallest absolute Gasteiger partial charge is 0.408 e. The molecule has 1 heterocycles. The fourth-order valence-electron chi connectivity index (χ4n) is 2.74. The molecule has 1 aromatic heterocycles. The molecule has 3 rings (SSSR count). The van der Waals surface area contributed by atoms with Crippen LogP contribution in [-0.2, 0) is 34.0 Å². The Kier molecular flexibility index (Phi) is 7.91. The third-order valence-corrected chi connectivity index (χ3v) is 4.33. The van der Waals surface area contributed by atoms with Gasteiger partial charge in [0, 0.05) is 12.5 Å². The molecule has 2 aromatic carbocycles. The maximum Gasteiger partial charge on any atom is 0.408 e. The Hall–Kier alpha value is -3.74. The summed E-state index contributed by atoms with van der Waals surface area (Å²) in [7, 11) is 0. The van der Waals surface area contributed by atoms with Gasteiger partial charge in [-0.15, -0.1) is 0 Å². The van der Waals surface area contributed by atoms with Crippen LogP contribution in [0.2, 0.25) is 0 Å². The summed E-state index contributed by atoms with van der Waals surface area (Å²) in [4.78, 5) is 24.9. The average molecular weight is 406 g/mol. The molecular weight excluding hydrogens is 382 g/mol. The number of amides is 1. The van der Waals surface area contributed by atoms with Gasteiger partial charge >= 0.3 is 12.1 Å². The number of alkyl carbamates (subject to hydrolysis) is 1. The van der Waals surface area contributed by atoms with E-state index in [9.17, 15) is 9.59 Å². The van der Waals surface area contributed by atoms with Crippen molar-refractivity contribution < 1.29 is 23.7 Å². The van der Waals surface area contributed by atoms with Crippen molar-refractivity contribution >= 4 is 12.1 Å². The molecule has 30 heavy (non-hydrogen) atoms. The van der Waals surface area contributed by atoms with Crippen molar-refractivity contribution in [1.29, 1.82) is 0 Å². The minimum absolute atomic E-state index is 0.118. The Balaban J connectivity index is 1.57. The second-order valence-electron chi connectivity index (χ2n) is 6.60. The molecule has 0 radical (unpaired) electrons. The molecule has 1 N–H and O–H groups in total. The molecule has 0 saturated heterocycles. The zero-order valence-electron chi connectivity index (χ0n) is 16.5. The third-order valence-electron chi connectivity index (χ3n) is 4.33. The summed E-state index contributed by atoms with van der Waals surface area (Å²) in [6, 6.07) is 21.5. The van der Waals surface area contributed by atoms with Crippen molar-refractivity contribution in [2.75, 3.05) is 0 Å². The molecule has 0 aliphatic rings. The molecule has 0 spiro atoms. The van der Waals surface area contributed by atoms with Gasteiger partial charge in [-0.2, -0.15) is 0 Å². The molecule has 1 amide bonds. The fraction of sp³-hybridized carbons (Fsp3) is 0.217. The topological polar surface area (TPSA) is 81.4 Å². The molecule has 0 unspecified atom stereocenters. The SMILES string of the molecule is O=C(N[C@@H](CC[n+]1ccccn1)C(=O)OCc1ccccc1)OCc1ccccc1. The van der Waals surface area contributed by atoms with E-state index in [4.69, 9.17) is 9.47 Å². The van der Waals surface area contributed by atoms with E-state index in [1.165, 1.54) is 0 Å². The van der Waals surface area contributed by atoms with Crippen molar-refractivity contribution in [3.8, 4) is 0 Å². The molecular formula is C23H24N3O4+. The van der Waals surface area contributed by atoms with E-state index < -0.39 is 18.1 Å². The first-order valence-electron chi connectivity index (χ1n) is 9.69. The van der Waals surface area contributed by atoms with Gasteiger partial charge in [-0.3, -0.25) is 0 Å². The van der Waals surface area contributed by atoms with E-state index >= 15 is 0 Å². The highest BCUT2D eigenvalue weighted by atomic mass is 16.6. The molecule has 7 heteroatoms. The van der Waals surface area contributed by atoms with Gasteiger partial charge in [0.15, 0.2) is 12.7 Å². The molecule has 1 atom stereocenters. The molecule has 3 aromatic rings. The lowest BCUT2D eigenvalue weighted by Gasteiger charge is -2.16. The van der Waals surface area contributed by atoms with E-state index in [0.29, 0.717) is 13.0 Å². The van der Waals surface area contributed by atoms with Crippen LogP contribution in [0.25, 0.3) is 0 Å². The van der Waals surface area contributed by atoms with Crippen LogP contribution in [0.4, 0.5) is 4.79 Å². The number of hydrogen-bond acceptors (Lipinski definition) is 5. The number of ether oxygens (including phenoxy) is 2. The predicted octanol–water partition coefficient (Wildman–Crippen LogP) is 2.80. The van der Waals surface area contributed by atoms with E-state index in [1.54, 1.807) is 23.1 Å². The van der Waals surface area contributed by atoms with E-state index in [1.807, 2.05) is 66.7 Å². The van der Waals surface area contributed by atoms with Crippen LogP contribution in [0.3, 0.4) is 0 Å². The van der Waals surface area contributed by atoms with Crippen LogP contribution in [0.15, 0.2) is 85.2 Å². The summed E-state index contributed by atoms with van der Waals surface area (Å²) in [5.41, 5.74) is 1.73. The van der Waals surface area contributed by atoms with Crippen molar-refractivity contribution in [2.45, 2.75) is 32.2 Å². The molecule has 0 saturated carbocycles. The Labute approximate surface area is 175 Å². The van der Waals surface area contributed by atoms with Crippen LogP contribution < -0.4 is 10.00 Å². The highest BCUT2D eigenvalue weighted by molar-refractivity contribution is 5.81. The van der Waals surface area contributed by atoms with Crippen molar-refractivity contribution in [2.24, 2.45) is 0 Å². The summed E-state index contributed by atoms with van der Waals surface area (Å²) in [5, 5.41) is 6.80. The first-order valence-corrected chi connectivity index (χ1v) is 9.69. The Morgan fingerprint density at radius 2 is 1.50 bits per heavy atom. The van der Waals surface area contributed by atoms with Gasteiger partial charge in [-0.25, -0.2) is 9.59 Å². The highest BCUT2D eigenvalue weighted by Crippen LogP contribution is 2.05. The summed E-state index contributed by atoms with van der Waals surface area (Å²) in [5.74, 6) is -0.521. The van der Waals surface area contributed by atoms with E-state index in [-0.39, 0.29) is 13.2 Å². The van der Waals surface area contributed by atoms with Gasteiger partial charge in [0.2, 0.25) is 0 Å². The van der Waals surface area contributed by atoms with E-state index in [2.05, 4.69) is 10.4 Å². The van der Waals surface area contributed by atoms with Crippen LogP contribution >= 0.6 is 0 Å². The van der Waals surface area contributed by atoms with Gasteiger partial charge in [-0.05, 0) is 22.3 Å². The normalized spacial score (nSPS) is 11.3. The highest BCUT2D eigenvalue weighted by Gasteiger charge is 2.25. The minimum atomic E-state index is -0.855. The Morgan fingerprint density at radius 3 is 2.10 bits per heavy atom. The number of aromatic nitrogens is 2. The third kappa shape index (κ3) is 7.01. The van der Waals surface area contributed by atoms with Crippen LogP contribution in [0.5, 0.6) is 0 Å². The van der Waals surface area contributed by atoms with Crippen LogP contribution in [0.1, 0.15) is 17.5 Å². The van der Waals surface area contributed by atoms with Crippen molar-refractivity contribution in [3.05, 3.63) is 96.3 Å². The fourth-order valence-corrected chi connectivity index (χ4v) is 2.74. The van der Waals surface area contributed by atoms with Crippen LogP contribution in [-0.4, -0.2) is 23.2 Å². The number of rotatable bonds is 9. The summed E-state index contributed by atoms with van der Waals surface area (Å²) < 4.78 is 12.3. The number of carbonyl (C=O) groups excluding carboxylic acids is 2. The molecule has 0 aliphatic heterocycles.